The quantitative estimate of drug-likeness (QED) is 0.651. The molecule has 2 heteroatoms. The van der Waals surface area contributed by atoms with Crippen molar-refractivity contribution in [2.75, 3.05) is 0 Å². The molecule has 1 aliphatic carbocycles. The molecule has 72 valence electrons. The van der Waals surface area contributed by atoms with Crippen LogP contribution in [0.3, 0.4) is 0 Å². The fourth-order valence-corrected chi connectivity index (χ4v) is 3.44. The maximum absolute atomic E-state index is 6.14. The van der Waals surface area contributed by atoms with Crippen LogP contribution in [0.1, 0.15) is 31.7 Å². The van der Waals surface area contributed by atoms with Crippen molar-refractivity contribution in [1.82, 2.24) is 0 Å². The highest BCUT2D eigenvalue weighted by atomic mass is 35.5. The van der Waals surface area contributed by atoms with Gasteiger partial charge in [-0.15, -0.1) is 11.6 Å². The molecule has 0 aliphatic heterocycles. The SMILES string of the molecule is CC1(Cc2ccsc2)CCC(Cl)C1. The molecule has 1 aliphatic rings. The van der Waals surface area contributed by atoms with E-state index in [2.05, 4.69) is 23.8 Å². The molecule has 0 amide bonds. The molecule has 1 heterocycles. The minimum atomic E-state index is 0.420. The lowest BCUT2D eigenvalue weighted by Gasteiger charge is -2.22. The maximum atomic E-state index is 6.14. The predicted octanol–water partition coefficient (Wildman–Crippen LogP) is 4.09. The van der Waals surface area contributed by atoms with Crippen molar-refractivity contribution < 1.29 is 0 Å². The summed E-state index contributed by atoms with van der Waals surface area (Å²) in [6.45, 7) is 2.37. The molecule has 1 aromatic heterocycles. The van der Waals surface area contributed by atoms with Crippen LogP contribution in [0.15, 0.2) is 16.8 Å². The fraction of sp³-hybridized carbons (Fsp3) is 0.636. The first kappa shape index (κ1) is 9.54. The summed E-state index contributed by atoms with van der Waals surface area (Å²) in [7, 11) is 0. The third kappa shape index (κ3) is 2.26. The highest BCUT2D eigenvalue weighted by molar-refractivity contribution is 7.07. The average molecular weight is 215 g/mol. The van der Waals surface area contributed by atoms with Crippen LogP contribution < -0.4 is 0 Å². The van der Waals surface area contributed by atoms with Crippen LogP contribution in [-0.2, 0) is 6.42 Å². The Kier molecular flexibility index (Phi) is 2.66. The second-order valence-electron chi connectivity index (χ2n) is 4.46. The van der Waals surface area contributed by atoms with Crippen molar-refractivity contribution in [2.24, 2.45) is 5.41 Å². The van der Waals surface area contributed by atoms with Gasteiger partial charge in [0.15, 0.2) is 0 Å². The van der Waals surface area contributed by atoms with Crippen LogP contribution in [0.25, 0.3) is 0 Å². The highest BCUT2D eigenvalue weighted by Crippen LogP contribution is 2.42. The number of hydrogen-bond acceptors (Lipinski definition) is 1. The lowest BCUT2D eigenvalue weighted by Crippen LogP contribution is -2.15. The number of thiophene rings is 1. The van der Waals surface area contributed by atoms with Crippen LogP contribution in [0.4, 0.5) is 0 Å². The molecule has 1 aromatic rings. The minimum absolute atomic E-state index is 0.420. The first-order valence-corrected chi connectivity index (χ1v) is 6.21. The highest BCUT2D eigenvalue weighted by Gasteiger charge is 2.34. The van der Waals surface area contributed by atoms with E-state index in [9.17, 15) is 0 Å². The zero-order chi connectivity index (χ0) is 9.31. The molecule has 1 saturated carbocycles. The molecule has 0 bridgehead atoms. The van der Waals surface area contributed by atoms with Crippen LogP contribution in [0.2, 0.25) is 0 Å². The zero-order valence-electron chi connectivity index (χ0n) is 7.92. The lowest BCUT2D eigenvalue weighted by atomic mass is 9.83. The van der Waals surface area contributed by atoms with Crippen molar-refractivity contribution in [3.8, 4) is 0 Å². The van der Waals surface area contributed by atoms with Crippen LogP contribution in [0.5, 0.6) is 0 Å². The summed E-state index contributed by atoms with van der Waals surface area (Å²) in [5, 5.41) is 4.84. The monoisotopic (exact) mass is 214 g/mol. The topological polar surface area (TPSA) is 0 Å². The molecule has 2 atom stereocenters. The summed E-state index contributed by atoms with van der Waals surface area (Å²) >= 11 is 7.93. The van der Waals surface area contributed by atoms with E-state index in [1.54, 1.807) is 11.3 Å². The van der Waals surface area contributed by atoms with Gasteiger partial charge in [-0.25, -0.2) is 0 Å². The van der Waals surface area contributed by atoms with Gasteiger partial charge in [-0.2, -0.15) is 11.3 Å². The van der Waals surface area contributed by atoms with Crippen molar-refractivity contribution in [1.29, 1.82) is 0 Å². The fourth-order valence-electron chi connectivity index (χ4n) is 2.29. The largest absolute Gasteiger partial charge is 0.152 e. The normalized spacial score (nSPS) is 33.8. The summed E-state index contributed by atoms with van der Waals surface area (Å²) in [5.74, 6) is 0. The van der Waals surface area contributed by atoms with Crippen LogP contribution in [-0.4, -0.2) is 5.38 Å². The number of hydrogen-bond donors (Lipinski definition) is 0. The number of halogens is 1. The number of alkyl halides is 1. The summed E-state index contributed by atoms with van der Waals surface area (Å²) in [4.78, 5) is 0. The lowest BCUT2D eigenvalue weighted by molar-refractivity contribution is 0.335. The Labute approximate surface area is 88.9 Å². The Balaban J connectivity index is 2.01. The Hall–Kier alpha value is -0.0100. The average Bonchev–Trinajstić information content (AvgIpc) is 2.62. The van der Waals surface area contributed by atoms with Crippen LogP contribution >= 0.6 is 22.9 Å². The van der Waals surface area contributed by atoms with E-state index in [1.165, 1.54) is 31.2 Å². The van der Waals surface area contributed by atoms with E-state index in [0.717, 1.165) is 0 Å². The summed E-state index contributed by atoms with van der Waals surface area (Å²) < 4.78 is 0. The molecule has 13 heavy (non-hydrogen) atoms. The van der Waals surface area contributed by atoms with E-state index >= 15 is 0 Å². The molecule has 0 aromatic carbocycles. The molecule has 2 unspecified atom stereocenters. The van der Waals surface area contributed by atoms with E-state index in [0.29, 0.717) is 10.8 Å². The molecule has 2 rings (SSSR count). The Bertz CT molecular complexity index is 268. The van der Waals surface area contributed by atoms with Gasteiger partial charge in [0, 0.05) is 5.38 Å². The maximum Gasteiger partial charge on any atom is 0.0341 e. The third-order valence-electron chi connectivity index (χ3n) is 2.99. The Morgan fingerprint density at radius 1 is 1.69 bits per heavy atom. The van der Waals surface area contributed by atoms with E-state index in [1.807, 2.05) is 0 Å². The smallest absolute Gasteiger partial charge is 0.0341 e. The molecule has 0 N–H and O–H groups in total. The van der Waals surface area contributed by atoms with Crippen molar-refractivity contribution in [3.63, 3.8) is 0 Å². The second-order valence-corrected chi connectivity index (χ2v) is 5.86. The first-order chi connectivity index (χ1) is 6.18. The summed E-state index contributed by atoms with van der Waals surface area (Å²) in [5.41, 5.74) is 1.95. The summed E-state index contributed by atoms with van der Waals surface area (Å²) in [6, 6.07) is 2.23. The Morgan fingerprint density at radius 3 is 3.08 bits per heavy atom. The van der Waals surface area contributed by atoms with Gasteiger partial charge in [-0.3, -0.25) is 0 Å². The van der Waals surface area contributed by atoms with Gasteiger partial charge < -0.3 is 0 Å². The molecular formula is C11H15ClS. The van der Waals surface area contributed by atoms with Gasteiger partial charge in [-0.1, -0.05) is 6.92 Å². The van der Waals surface area contributed by atoms with E-state index in [4.69, 9.17) is 11.6 Å². The van der Waals surface area contributed by atoms with Gasteiger partial charge in [0.25, 0.3) is 0 Å². The van der Waals surface area contributed by atoms with Gasteiger partial charge in [0.2, 0.25) is 0 Å². The first-order valence-electron chi connectivity index (χ1n) is 4.83. The van der Waals surface area contributed by atoms with Crippen molar-refractivity contribution in [2.45, 2.75) is 38.0 Å². The van der Waals surface area contributed by atoms with Crippen molar-refractivity contribution in [3.05, 3.63) is 22.4 Å². The van der Waals surface area contributed by atoms with E-state index < -0.39 is 0 Å². The predicted molar refractivity (Wildman–Crippen MR) is 59.6 cm³/mol. The molecular weight excluding hydrogens is 200 g/mol. The van der Waals surface area contributed by atoms with Gasteiger partial charge >= 0.3 is 0 Å². The molecule has 0 saturated heterocycles. The van der Waals surface area contributed by atoms with Crippen LogP contribution in [0, 0.1) is 5.41 Å². The van der Waals surface area contributed by atoms with Gasteiger partial charge in [0.1, 0.15) is 0 Å². The zero-order valence-corrected chi connectivity index (χ0v) is 9.50. The molecule has 1 fully saturated rings. The molecule has 0 radical (unpaired) electrons. The molecule has 0 nitrogen and oxygen atoms in total. The Morgan fingerprint density at radius 2 is 2.54 bits per heavy atom. The second kappa shape index (κ2) is 3.62. The third-order valence-corrected chi connectivity index (χ3v) is 4.09. The minimum Gasteiger partial charge on any atom is -0.152 e. The van der Waals surface area contributed by atoms with Gasteiger partial charge in [-0.05, 0) is 53.5 Å². The standard InChI is InChI=1S/C11H15ClS/c1-11(4-2-10(12)7-11)6-9-3-5-13-8-9/h3,5,8,10H,2,4,6-7H2,1H3. The number of rotatable bonds is 2. The summed E-state index contributed by atoms with van der Waals surface area (Å²) in [6.07, 6.45) is 4.88. The van der Waals surface area contributed by atoms with E-state index in [-0.39, 0.29) is 0 Å². The van der Waals surface area contributed by atoms with Gasteiger partial charge in [0.05, 0.1) is 0 Å². The molecule has 0 spiro atoms. The van der Waals surface area contributed by atoms with Crippen molar-refractivity contribution >= 4 is 22.9 Å².